The Hall–Kier alpha value is -2.19. The highest BCUT2D eigenvalue weighted by Gasteiger charge is 2.44. The Bertz CT molecular complexity index is 884. The second-order valence-electron chi connectivity index (χ2n) is 6.05. The van der Waals surface area contributed by atoms with Gasteiger partial charge in [-0.05, 0) is 18.2 Å². The van der Waals surface area contributed by atoms with Gasteiger partial charge in [-0.1, -0.05) is 48.8 Å². The summed E-state index contributed by atoms with van der Waals surface area (Å²) in [5.41, 5.74) is -0.179. The Morgan fingerprint density at radius 2 is 2.04 bits per heavy atom. The van der Waals surface area contributed by atoms with Crippen LogP contribution in [-0.4, -0.2) is 17.6 Å². The van der Waals surface area contributed by atoms with E-state index in [1.807, 2.05) is 12.1 Å². The van der Waals surface area contributed by atoms with Gasteiger partial charge in [-0.3, -0.25) is 9.59 Å². The van der Waals surface area contributed by atoms with Crippen molar-refractivity contribution in [2.24, 2.45) is 11.3 Å². The molecule has 1 aliphatic heterocycles. The fourth-order valence-corrected chi connectivity index (χ4v) is 3.71. The Kier molecular flexibility index (Phi) is 6.20. The lowest BCUT2D eigenvalue weighted by atomic mass is 9.72. The molecule has 0 aliphatic carbocycles. The van der Waals surface area contributed by atoms with Crippen LogP contribution >= 0.6 is 35.0 Å². The molecule has 0 fully saturated rings. The number of nitrogens with one attached hydrogen (secondary N) is 2. The monoisotopic (exact) mass is 408 g/mol. The van der Waals surface area contributed by atoms with Gasteiger partial charge in [0.15, 0.2) is 0 Å². The van der Waals surface area contributed by atoms with Gasteiger partial charge in [0.1, 0.15) is 5.92 Å². The summed E-state index contributed by atoms with van der Waals surface area (Å²) in [5, 5.41) is 24.8. The summed E-state index contributed by atoms with van der Waals surface area (Å²) in [5.74, 6) is -1.82. The normalized spacial score (nSPS) is 18.5. The van der Waals surface area contributed by atoms with Crippen LogP contribution in [0.1, 0.15) is 13.8 Å². The van der Waals surface area contributed by atoms with Gasteiger partial charge in [-0.2, -0.15) is 10.5 Å². The molecule has 2 N–H and O–H groups in total. The van der Waals surface area contributed by atoms with Crippen LogP contribution in [0.4, 0.5) is 5.69 Å². The zero-order valence-electron chi connectivity index (χ0n) is 13.9. The van der Waals surface area contributed by atoms with E-state index in [2.05, 4.69) is 10.6 Å². The zero-order valence-corrected chi connectivity index (χ0v) is 16.2. The van der Waals surface area contributed by atoms with Gasteiger partial charge in [0, 0.05) is 11.1 Å². The summed E-state index contributed by atoms with van der Waals surface area (Å²) < 4.78 is 0. The van der Waals surface area contributed by atoms with E-state index in [0.29, 0.717) is 20.8 Å². The molecule has 2 rings (SSSR count). The van der Waals surface area contributed by atoms with Gasteiger partial charge in [-0.15, -0.1) is 0 Å². The van der Waals surface area contributed by atoms with E-state index >= 15 is 0 Å². The third-order valence-electron chi connectivity index (χ3n) is 3.88. The van der Waals surface area contributed by atoms with Crippen LogP contribution in [0.5, 0.6) is 0 Å². The highest BCUT2D eigenvalue weighted by atomic mass is 35.5. The molecule has 0 spiro atoms. The Morgan fingerprint density at radius 1 is 1.35 bits per heavy atom. The van der Waals surface area contributed by atoms with E-state index in [1.54, 1.807) is 26.0 Å². The number of amides is 2. The molecule has 1 aliphatic rings. The number of rotatable bonds is 4. The molecule has 1 aromatic carbocycles. The summed E-state index contributed by atoms with van der Waals surface area (Å²) >= 11 is 12.8. The maximum atomic E-state index is 12.1. The van der Waals surface area contributed by atoms with Crippen molar-refractivity contribution in [3.05, 3.63) is 38.8 Å². The van der Waals surface area contributed by atoms with Crippen LogP contribution in [0, 0.1) is 34.0 Å². The van der Waals surface area contributed by atoms with Crippen LogP contribution in [0.2, 0.25) is 10.0 Å². The topological polar surface area (TPSA) is 106 Å². The first-order valence-corrected chi connectivity index (χ1v) is 9.18. The average Bonchev–Trinajstić information content (AvgIpc) is 2.56. The minimum atomic E-state index is -0.966. The van der Waals surface area contributed by atoms with E-state index in [0.717, 1.165) is 11.8 Å². The quantitative estimate of drug-likeness (QED) is 0.789. The number of thioether (sulfide) groups is 1. The summed E-state index contributed by atoms with van der Waals surface area (Å²) in [6, 6.07) is 8.67. The molecular formula is C17H14Cl2N4O2S. The summed E-state index contributed by atoms with van der Waals surface area (Å²) in [6.07, 6.45) is 0. The fourth-order valence-electron chi connectivity index (χ4n) is 2.44. The second-order valence-corrected chi connectivity index (χ2v) is 7.85. The van der Waals surface area contributed by atoms with Gasteiger partial charge in [0.25, 0.3) is 0 Å². The van der Waals surface area contributed by atoms with E-state index < -0.39 is 17.2 Å². The van der Waals surface area contributed by atoms with Crippen molar-refractivity contribution in [1.29, 1.82) is 10.5 Å². The van der Waals surface area contributed by atoms with Gasteiger partial charge in [-0.25, -0.2) is 0 Å². The molecule has 2 amide bonds. The molecule has 0 radical (unpaired) electrons. The minimum Gasteiger partial charge on any atom is -0.325 e. The van der Waals surface area contributed by atoms with Crippen molar-refractivity contribution in [2.75, 3.05) is 11.1 Å². The lowest BCUT2D eigenvalue weighted by molar-refractivity contribution is -0.125. The molecule has 1 heterocycles. The van der Waals surface area contributed by atoms with Crippen molar-refractivity contribution < 1.29 is 9.59 Å². The molecule has 26 heavy (non-hydrogen) atoms. The van der Waals surface area contributed by atoms with Crippen LogP contribution in [0.25, 0.3) is 0 Å². The zero-order chi connectivity index (χ0) is 19.5. The Balaban J connectivity index is 2.12. The molecule has 6 nitrogen and oxygen atoms in total. The van der Waals surface area contributed by atoms with Crippen molar-refractivity contribution in [3.63, 3.8) is 0 Å². The van der Waals surface area contributed by atoms with Crippen LogP contribution in [-0.2, 0) is 9.59 Å². The minimum absolute atomic E-state index is 0.0334. The lowest BCUT2D eigenvalue weighted by Gasteiger charge is -2.34. The molecule has 0 unspecified atom stereocenters. The van der Waals surface area contributed by atoms with Crippen molar-refractivity contribution in [1.82, 2.24) is 5.32 Å². The smallest absolute Gasteiger partial charge is 0.243 e. The maximum absolute atomic E-state index is 12.1. The fraction of sp³-hybridized carbons (Fsp3) is 0.294. The number of hydrogen-bond donors (Lipinski definition) is 2. The first-order valence-electron chi connectivity index (χ1n) is 7.43. The SMILES string of the molecule is CC1(C)C(C#N)=C(SCC(=O)Nc2ccc(Cl)c(Cl)c2)NC(=O)[C@H]1C#N. The second kappa shape index (κ2) is 8.01. The van der Waals surface area contributed by atoms with E-state index in [9.17, 15) is 20.1 Å². The van der Waals surface area contributed by atoms with Crippen molar-refractivity contribution in [3.8, 4) is 12.1 Å². The number of halogens is 2. The lowest BCUT2D eigenvalue weighted by Crippen LogP contribution is -2.44. The third kappa shape index (κ3) is 4.13. The number of hydrogen-bond acceptors (Lipinski definition) is 5. The summed E-state index contributed by atoms with van der Waals surface area (Å²) in [7, 11) is 0. The molecule has 0 saturated heterocycles. The largest absolute Gasteiger partial charge is 0.325 e. The first-order chi connectivity index (χ1) is 12.2. The predicted molar refractivity (Wildman–Crippen MR) is 101 cm³/mol. The molecule has 1 aromatic rings. The van der Waals surface area contributed by atoms with Gasteiger partial charge >= 0.3 is 0 Å². The van der Waals surface area contributed by atoms with Gasteiger partial charge in [0.2, 0.25) is 11.8 Å². The number of allylic oxidation sites excluding steroid dienone is 1. The van der Waals surface area contributed by atoms with Gasteiger partial charge < -0.3 is 10.6 Å². The highest BCUT2D eigenvalue weighted by Crippen LogP contribution is 2.41. The number of anilines is 1. The Morgan fingerprint density at radius 3 is 2.62 bits per heavy atom. The predicted octanol–water partition coefficient (Wildman–Crippen LogP) is 3.70. The van der Waals surface area contributed by atoms with E-state index in [-0.39, 0.29) is 17.2 Å². The van der Waals surface area contributed by atoms with Gasteiger partial charge in [0.05, 0.1) is 38.5 Å². The molecule has 9 heteroatoms. The average molecular weight is 409 g/mol. The van der Waals surface area contributed by atoms with Crippen LogP contribution < -0.4 is 10.6 Å². The maximum Gasteiger partial charge on any atom is 0.243 e. The van der Waals surface area contributed by atoms with Crippen LogP contribution in [0.15, 0.2) is 28.8 Å². The van der Waals surface area contributed by atoms with Crippen LogP contribution in [0.3, 0.4) is 0 Å². The highest BCUT2D eigenvalue weighted by molar-refractivity contribution is 8.03. The standard InChI is InChI=1S/C17H14Cl2N4O2S/c1-17(2)10(6-20)15(25)23-16(11(17)7-21)26-8-14(24)22-9-3-4-12(18)13(19)5-9/h3-5,10H,8H2,1-2H3,(H,22,24)(H,23,25)/t10-/m1/s1. The van der Waals surface area contributed by atoms with E-state index in [4.69, 9.17) is 23.2 Å². The number of carbonyl (C=O) groups excluding carboxylic acids is 2. The third-order valence-corrected chi connectivity index (χ3v) is 5.62. The van der Waals surface area contributed by atoms with E-state index in [1.165, 1.54) is 6.07 Å². The summed E-state index contributed by atoms with van der Waals surface area (Å²) in [4.78, 5) is 24.2. The molecule has 134 valence electrons. The van der Waals surface area contributed by atoms with Crippen molar-refractivity contribution >= 4 is 52.5 Å². The number of carbonyl (C=O) groups is 2. The Labute approximate surface area is 165 Å². The molecule has 1 atom stereocenters. The summed E-state index contributed by atoms with van der Waals surface area (Å²) in [6.45, 7) is 3.32. The molecule has 0 bridgehead atoms. The molecule has 0 saturated carbocycles. The number of nitrogens with zero attached hydrogens (tertiary/aromatic N) is 2. The molecule has 0 aromatic heterocycles. The number of nitriles is 2. The molecular weight excluding hydrogens is 395 g/mol. The first kappa shape index (κ1) is 20.1. The number of benzene rings is 1. The van der Waals surface area contributed by atoms with Crippen molar-refractivity contribution in [2.45, 2.75) is 13.8 Å².